The van der Waals surface area contributed by atoms with E-state index in [0.717, 1.165) is 85.1 Å². The number of nitro groups is 1. The van der Waals surface area contributed by atoms with E-state index in [1.807, 2.05) is 57.2 Å². The first-order chi connectivity index (χ1) is 43.5. The molecule has 2 saturated carbocycles. The fourth-order valence-electron chi connectivity index (χ4n) is 9.87. The van der Waals surface area contributed by atoms with Crippen molar-refractivity contribution in [2.75, 3.05) is 60.0 Å². The number of nitro benzene ring substituents is 1. The number of carbonyl (C=O) groups is 8. The van der Waals surface area contributed by atoms with Crippen molar-refractivity contribution in [3.05, 3.63) is 122 Å². The molecule has 0 bridgehead atoms. The number of ketones is 3. The van der Waals surface area contributed by atoms with Crippen LogP contribution in [0.4, 0.5) is 31.9 Å². The monoisotopic (exact) mass is 1420 g/mol. The quantitative estimate of drug-likeness (QED) is 0.0158. The molecule has 508 valence electrons. The van der Waals surface area contributed by atoms with Gasteiger partial charge in [0.15, 0.2) is 45.2 Å². The maximum atomic E-state index is 14.3. The van der Waals surface area contributed by atoms with Gasteiger partial charge < -0.3 is 44.5 Å². The standard InChI is InChI=1S/C17H17ClFNO4.C15H22ClNO2.C14H13NO7S.C11H11Cl2NO2.C5H12NO4P/c1-9(2)15-16(21)20(17(22)24-15)13-8-14(11(18)7-12(13)19)23-10-5-3-4-6-10;1-5-13-8-6-7-11(2)15(13)17(14(18)9-16)12(3)10-19-4;1-23(21,22)8-5-6-9(10(7-8)15(19)20)14(18)13-11(16)3-2-4-12(13)17;1-7-6-16-9-5-3-2-4-8(9)14(7)11(15)10(12)13;1-11(9,10)3-2-4(6)5(7)8/h7-8,10H,3-6H2,1-2H3;6-8,12H,5,9-10H2,1-4H3;5-7,13H,2-4H2,1H3;2-5,7,10H,6H2,1H3;4H,2-3,6H2,1H3,(H,7,8)(H,9,10). The second kappa shape index (κ2) is 35.6. The molecule has 0 aromatic heterocycles. The number of rotatable bonds is 18. The first-order valence-corrected chi connectivity index (χ1v) is 35.0. The van der Waals surface area contributed by atoms with E-state index in [1.54, 1.807) is 30.8 Å². The normalized spacial score (nSPS) is 16.8. The number of ether oxygens (including phenoxy) is 4. The molecule has 93 heavy (non-hydrogen) atoms. The number of aryl methyl sites for hydroxylation is 2. The van der Waals surface area contributed by atoms with Gasteiger partial charge in [-0.2, -0.15) is 0 Å². The van der Waals surface area contributed by atoms with E-state index in [9.17, 15) is 65.8 Å². The SMILES string of the molecule is CC(C)=C1OC(=O)N(c2cc(OC3CCCC3)c(Cl)cc2F)C1=O.CC1COc2ccccc2N1C(=O)C(Cl)Cl.CCc1cccc(C)c1N(C(=O)CCl)C(C)COC.CP(=O)(O)CCC(N)C(=O)O.CS(=O)(=O)c1ccc(C(=O)C2C(=O)CCCC2=O)c([N+](=O)[O-])c1. The number of allylic oxidation sites excluding steroid dienone is 1. The lowest BCUT2D eigenvalue weighted by molar-refractivity contribution is -0.385. The van der Waals surface area contributed by atoms with E-state index < -0.39 is 91.3 Å². The highest BCUT2D eigenvalue weighted by molar-refractivity contribution is 7.90. The van der Waals surface area contributed by atoms with Crippen LogP contribution in [0.15, 0.2) is 89.0 Å². The Morgan fingerprint density at radius 3 is 2.12 bits per heavy atom. The van der Waals surface area contributed by atoms with Crippen LogP contribution in [0.3, 0.4) is 0 Å². The molecule has 4 unspecified atom stereocenters. The minimum absolute atomic E-state index is 0.00962. The molecule has 4 aromatic carbocycles. The molecule has 4 N–H and O–H groups in total. The summed E-state index contributed by atoms with van der Waals surface area (Å²) in [6.45, 7) is 13.4. The summed E-state index contributed by atoms with van der Waals surface area (Å²) in [5, 5.41) is 19.5. The second-order valence-corrected chi connectivity index (χ2v) is 28.5. The van der Waals surface area contributed by atoms with Crippen molar-refractivity contribution in [2.24, 2.45) is 11.7 Å². The van der Waals surface area contributed by atoms with Gasteiger partial charge in [-0.15, -0.1) is 11.6 Å². The number of fused-ring (bicyclic) bond motifs is 1. The van der Waals surface area contributed by atoms with Gasteiger partial charge in [0.05, 0.1) is 62.3 Å². The van der Waals surface area contributed by atoms with Crippen LogP contribution >= 0.6 is 53.8 Å². The number of benzene rings is 4. The summed E-state index contributed by atoms with van der Waals surface area (Å²) in [7, 11) is -5.16. The second-order valence-electron chi connectivity index (χ2n) is 22.2. The van der Waals surface area contributed by atoms with Gasteiger partial charge in [0.25, 0.3) is 11.6 Å². The number of alkyl halides is 3. The number of halogens is 5. The number of para-hydroxylation sites is 3. The maximum Gasteiger partial charge on any atom is 0.427 e. The van der Waals surface area contributed by atoms with Crippen molar-refractivity contribution in [1.29, 1.82) is 0 Å². The number of hydrogen-bond acceptors (Lipinski definition) is 18. The van der Waals surface area contributed by atoms with Crippen molar-refractivity contribution in [1.82, 2.24) is 0 Å². The van der Waals surface area contributed by atoms with Gasteiger partial charge in [-0.1, -0.05) is 72.1 Å². The number of hydrogen-bond donors (Lipinski definition) is 3. The number of nitrogens with two attached hydrogens (primary N) is 1. The molecule has 0 spiro atoms. The van der Waals surface area contributed by atoms with Crippen molar-refractivity contribution < 1.29 is 89.6 Å². The van der Waals surface area contributed by atoms with Crippen molar-refractivity contribution in [3.63, 3.8) is 0 Å². The summed E-state index contributed by atoms with van der Waals surface area (Å²) in [4.78, 5) is 116. The van der Waals surface area contributed by atoms with Crippen LogP contribution in [-0.4, -0.2) is 145 Å². The molecule has 24 nitrogen and oxygen atoms in total. The zero-order valence-electron chi connectivity index (χ0n) is 52.5. The number of nitrogens with zero attached hydrogens (tertiary/aromatic N) is 4. The molecule has 31 heteroatoms. The smallest absolute Gasteiger partial charge is 0.427 e. The molecule has 4 aromatic rings. The summed E-state index contributed by atoms with van der Waals surface area (Å²) < 4.78 is 69.4. The van der Waals surface area contributed by atoms with Gasteiger partial charge in [-0.05, 0) is 127 Å². The van der Waals surface area contributed by atoms with E-state index in [4.69, 9.17) is 81.1 Å². The van der Waals surface area contributed by atoms with Crippen LogP contribution in [0.2, 0.25) is 5.02 Å². The number of Topliss-reactive ketones (excluding diaryl/α,β-unsaturated/α-hetero) is 3. The fourth-order valence-corrected chi connectivity index (χ4v) is 11.8. The summed E-state index contributed by atoms with van der Waals surface area (Å²) in [6, 6.07) is 17.4. The van der Waals surface area contributed by atoms with Gasteiger partial charge in [-0.25, -0.2) is 22.5 Å². The van der Waals surface area contributed by atoms with Crippen molar-refractivity contribution >= 4 is 133 Å². The Kier molecular flexibility index (Phi) is 30.1. The minimum atomic E-state index is -3.70. The number of aliphatic carboxylic acids is 1. The highest BCUT2D eigenvalue weighted by atomic mass is 35.5. The molecule has 2 heterocycles. The summed E-state index contributed by atoms with van der Waals surface area (Å²) in [5.74, 6) is -5.82. The third-order valence-corrected chi connectivity index (χ3v) is 17.6. The lowest BCUT2D eigenvalue weighted by Gasteiger charge is -2.35. The number of methoxy groups -OCH3 is 1. The van der Waals surface area contributed by atoms with Crippen molar-refractivity contribution in [3.8, 4) is 11.5 Å². The van der Waals surface area contributed by atoms with E-state index in [1.165, 1.54) is 12.7 Å². The third kappa shape index (κ3) is 21.8. The van der Waals surface area contributed by atoms with Crippen LogP contribution in [0.25, 0.3) is 0 Å². The predicted octanol–water partition coefficient (Wildman–Crippen LogP) is 11.2. The largest absolute Gasteiger partial charge is 0.489 e. The van der Waals surface area contributed by atoms with Gasteiger partial charge in [0, 0.05) is 51.2 Å². The lowest BCUT2D eigenvalue weighted by atomic mass is 9.81. The van der Waals surface area contributed by atoms with E-state index in [0.29, 0.717) is 35.9 Å². The summed E-state index contributed by atoms with van der Waals surface area (Å²) in [5.41, 5.74) is 8.17. The van der Waals surface area contributed by atoms with Gasteiger partial charge in [0.1, 0.15) is 41.8 Å². The molecular formula is C62H75Cl4FN5O19PS. The molecule has 8 rings (SSSR count). The van der Waals surface area contributed by atoms with E-state index >= 15 is 0 Å². The summed E-state index contributed by atoms with van der Waals surface area (Å²) in [6.07, 6.45) is 5.25. The first-order valence-electron chi connectivity index (χ1n) is 29.0. The first kappa shape index (κ1) is 78.6. The number of sulfone groups is 1. The van der Waals surface area contributed by atoms with Crippen LogP contribution in [0.1, 0.15) is 107 Å². The Labute approximate surface area is 558 Å². The molecule has 4 amide bonds. The summed E-state index contributed by atoms with van der Waals surface area (Å²) >= 11 is 23.1. The van der Waals surface area contributed by atoms with Crippen LogP contribution < -0.4 is 29.9 Å². The third-order valence-electron chi connectivity index (χ3n) is 14.5. The topological polar surface area (TPSA) is 344 Å². The van der Waals surface area contributed by atoms with Crippen molar-refractivity contribution in [2.45, 2.75) is 133 Å². The Morgan fingerprint density at radius 1 is 0.968 bits per heavy atom. The Bertz CT molecular complexity index is 3620. The molecular weight excluding hydrogens is 1340 g/mol. The van der Waals surface area contributed by atoms with Gasteiger partial charge in [-0.3, -0.25) is 48.2 Å². The highest BCUT2D eigenvalue weighted by Gasteiger charge is 2.42. The maximum absolute atomic E-state index is 14.3. The number of imide groups is 1. The molecule has 4 atom stereocenters. The molecule has 1 saturated heterocycles. The van der Waals surface area contributed by atoms with Crippen LogP contribution in [0, 0.1) is 28.8 Å². The predicted molar refractivity (Wildman–Crippen MR) is 350 cm³/mol. The number of carboxylic acid groups (broad SMARTS) is 1. The molecule has 0 radical (unpaired) electrons. The van der Waals surface area contributed by atoms with E-state index in [-0.39, 0.29) is 88.4 Å². The molecule has 4 aliphatic rings. The number of carboxylic acids is 1. The van der Waals surface area contributed by atoms with Crippen LogP contribution in [-0.2, 0) is 59.1 Å². The fraction of sp³-hybridized carbons (Fsp3) is 0.452. The van der Waals surface area contributed by atoms with E-state index in [2.05, 4.69) is 13.0 Å². The number of carbonyl (C=O) groups excluding carboxylic acids is 7. The number of anilines is 3. The Morgan fingerprint density at radius 2 is 1.59 bits per heavy atom. The minimum Gasteiger partial charge on any atom is -0.489 e. The Hall–Kier alpha value is -6.87. The zero-order valence-corrected chi connectivity index (χ0v) is 57.3. The molecule has 2 aliphatic heterocycles. The number of amides is 4. The van der Waals surface area contributed by atoms with Gasteiger partial charge in [0.2, 0.25) is 5.91 Å². The lowest BCUT2D eigenvalue weighted by Crippen LogP contribution is -2.47. The Balaban J connectivity index is 0.000000253. The highest BCUT2D eigenvalue weighted by Crippen LogP contribution is 2.39. The molecule has 2 aliphatic carbocycles. The number of cyclic esters (lactones) is 1. The molecule has 3 fully saturated rings. The average Bonchev–Trinajstić information content (AvgIpc) is 1.80. The average molecular weight is 1420 g/mol. The van der Waals surface area contributed by atoms with Gasteiger partial charge >= 0.3 is 18.0 Å². The van der Waals surface area contributed by atoms with Crippen LogP contribution in [0.5, 0.6) is 11.5 Å². The zero-order chi connectivity index (χ0) is 70.0.